The van der Waals surface area contributed by atoms with E-state index in [0.717, 1.165) is 37.8 Å². The minimum Gasteiger partial charge on any atom is -0.489 e. The van der Waals surface area contributed by atoms with E-state index in [4.69, 9.17) is 4.74 Å². The maximum Gasteiger partial charge on any atom is 0.134 e. The number of carbonyl (C=O) groups is 1. The molecule has 1 unspecified atom stereocenters. The Labute approximate surface area is 269 Å². The minimum atomic E-state index is 0.0956. The highest BCUT2D eigenvalue weighted by molar-refractivity contribution is 7.13. The van der Waals surface area contributed by atoms with Crippen LogP contribution in [0.3, 0.4) is 0 Å². The van der Waals surface area contributed by atoms with Crippen LogP contribution in [0.15, 0.2) is 109 Å². The van der Waals surface area contributed by atoms with Gasteiger partial charge in [-0.1, -0.05) is 113 Å². The van der Waals surface area contributed by atoms with Crippen molar-refractivity contribution in [2.45, 2.75) is 77.7 Å². The molecule has 0 spiro atoms. The summed E-state index contributed by atoms with van der Waals surface area (Å²) in [7, 11) is 0. The molecule has 0 bridgehead atoms. The van der Waals surface area contributed by atoms with E-state index in [9.17, 15) is 4.79 Å². The molecule has 0 saturated heterocycles. The Morgan fingerprint density at radius 3 is 2.39 bits per heavy atom. The lowest BCUT2D eigenvalue weighted by molar-refractivity contribution is -0.109. The number of ether oxygens (including phenoxy) is 1. The van der Waals surface area contributed by atoms with Gasteiger partial charge in [-0.3, -0.25) is 4.90 Å². The van der Waals surface area contributed by atoms with Crippen molar-refractivity contribution in [3.63, 3.8) is 0 Å². The van der Waals surface area contributed by atoms with Gasteiger partial charge in [0.15, 0.2) is 0 Å². The fourth-order valence-corrected chi connectivity index (χ4v) is 6.89. The van der Waals surface area contributed by atoms with Crippen molar-refractivity contribution in [2.24, 2.45) is 0 Å². The lowest BCUT2D eigenvalue weighted by atomic mass is 9.90. The van der Waals surface area contributed by atoms with Gasteiger partial charge >= 0.3 is 0 Å². The topological polar surface area (TPSA) is 29.5 Å². The third-order valence-electron chi connectivity index (χ3n) is 8.22. The molecule has 0 saturated carbocycles. The molecule has 0 aliphatic heterocycles. The second-order valence-corrected chi connectivity index (χ2v) is 12.7. The van der Waals surface area contributed by atoms with Crippen molar-refractivity contribution in [3.05, 3.63) is 130 Å². The zero-order valence-corrected chi connectivity index (χ0v) is 27.6. The summed E-state index contributed by atoms with van der Waals surface area (Å²) in [6.45, 7) is 8.49. The average Bonchev–Trinajstić information content (AvgIpc) is 3.40. The molecule has 232 valence electrons. The average molecular weight is 608 g/mol. The first-order valence-corrected chi connectivity index (χ1v) is 17.2. The van der Waals surface area contributed by atoms with E-state index < -0.39 is 0 Å². The second-order valence-electron chi connectivity index (χ2n) is 11.5. The summed E-state index contributed by atoms with van der Waals surface area (Å²) in [6, 6.07) is 23.8. The number of allylic oxidation sites excluding steroid dienone is 5. The lowest BCUT2D eigenvalue weighted by Crippen LogP contribution is -2.31. The van der Waals surface area contributed by atoms with Crippen LogP contribution in [0.25, 0.3) is 5.57 Å². The van der Waals surface area contributed by atoms with E-state index in [2.05, 4.69) is 123 Å². The van der Waals surface area contributed by atoms with Crippen LogP contribution in [0.1, 0.15) is 92.1 Å². The van der Waals surface area contributed by atoms with Gasteiger partial charge in [-0.25, -0.2) is 0 Å². The Balaban J connectivity index is 1.36. The van der Waals surface area contributed by atoms with Crippen molar-refractivity contribution in [2.75, 3.05) is 19.7 Å². The highest BCUT2D eigenvalue weighted by atomic mass is 32.1. The summed E-state index contributed by atoms with van der Waals surface area (Å²) in [4.78, 5) is 16.5. The van der Waals surface area contributed by atoms with E-state index in [1.54, 1.807) is 0 Å². The van der Waals surface area contributed by atoms with Gasteiger partial charge in [0.25, 0.3) is 0 Å². The summed E-state index contributed by atoms with van der Waals surface area (Å²) in [5.41, 5.74) is 5.15. The Morgan fingerprint density at radius 1 is 0.909 bits per heavy atom. The van der Waals surface area contributed by atoms with Gasteiger partial charge in [-0.15, -0.1) is 11.3 Å². The summed E-state index contributed by atoms with van der Waals surface area (Å²) in [5.74, 6) is 1.58. The molecule has 4 rings (SSSR count). The standard InChI is InChI=1S/C40H49NO2S/c1-4-7-18-39(35-15-9-8-10-16-35)41(29-30-42)28-27-38-25-26-40(44-38)36-17-11-14-32(19-20-36)31-43-37-23-21-34(22-24-37)33(12-5-2)13-6-3/h7-11,14-16,18-26,30,33,39H,4-6,12-13,17,27-29,31H2,1-3H3/b18-7+. The van der Waals surface area contributed by atoms with E-state index >= 15 is 0 Å². The van der Waals surface area contributed by atoms with Crippen molar-refractivity contribution < 1.29 is 9.53 Å². The Kier molecular flexibility index (Phi) is 13.9. The predicted molar refractivity (Wildman–Crippen MR) is 189 cm³/mol. The van der Waals surface area contributed by atoms with Crippen LogP contribution in [0.5, 0.6) is 5.75 Å². The predicted octanol–water partition coefficient (Wildman–Crippen LogP) is 10.5. The molecule has 44 heavy (non-hydrogen) atoms. The molecular weight excluding hydrogens is 559 g/mol. The monoisotopic (exact) mass is 607 g/mol. The van der Waals surface area contributed by atoms with E-state index in [0.29, 0.717) is 19.1 Å². The van der Waals surface area contributed by atoms with Gasteiger partial charge in [0.2, 0.25) is 0 Å². The molecule has 3 nitrogen and oxygen atoms in total. The Bertz CT molecular complexity index is 1390. The van der Waals surface area contributed by atoms with Crippen LogP contribution in [0, 0.1) is 0 Å². The fraction of sp³-hybridized carbons (Fsp3) is 0.375. The van der Waals surface area contributed by atoms with Gasteiger partial charge < -0.3 is 9.53 Å². The SMILES string of the molecule is CC/C=C/C(c1ccccc1)N(CC=O)CCc1ccc(C2=CC=C(COc3ccc(C(CCC)CCC)cc3)C=CC2)s1. The van der Waals surface area contributed by atoms with Gasteiger partial charge in [0.05, 0.1) is 12.6 Å². The zero-order chi connectivity index (χ0) is 31.0. The number of aldehydes is 1. The second kappa shape index (κ2) is 18.4. The normalized spacial score (nSPS) is 14.1. The van der Waals surface area contributed by atoms with Crippen molar-refractivity contribution >= 4 is 23.2 Å². The number of carbonyl (C=O) groups excluding carboxylic acids is 1. The lowest BCUT2D eigenvalue weighted by Gasteiger charge is -2.28. The van der Waals surface area contributed by atoms with Crippen molar-refractivity contribution in [1.29, 1.82) is 0 Å². The summed E-state index contributed by atoms with van der Waals surface area (Å²) in [5, 5.41) is 0. The molecule has 1 heterocycles. The number of hydrogen-bond donors (Lipinski definition) is 0. The molecule has 0 fully saturated rings. The molecule has 1 aliphatic carbocycles. The van der Waals surface area contributed by atoms with Crippen LogP contribution < -0.4 is 4.74 Å². The quantitative estimate of drug-likeness (QED) is 0.106. The summed E-state index contributed by atoms with van der Waals surface area (Å²) < 4.78 is 6.17. The number of thiophene rings is 1. The smallest absolute Gasteiger partial charge is 0.134 e. The van der Waals surface area contributed by atoms with E-state index in [1.807, 2.05) is 17.4 Å². The molecule has 1 atom stereocenters. The molecule has 0 amide bonds. The largest absolute Gasteiger partial charge is 0.489 e. The van der Waals surface area contributed by atoms with Gasteiger partial charge in [-0.2, -0.15) is 0 Å². The van der Waals surface area contributed by atoms with Crippen LogP contribution in [-0.4, -0.2) is 30.9 Å². The van der Waals surface area contributed by atoms with Gasteiger partial charge in [-0.05, 0) is 84.6 Å². The first kappa shape index (κ1) is 33.4. The highest BCUT2D eigenvalue weighted by Gasteiger charge is 2.18. The molecule has 1 aliphatic rings. The van der Waals surface area contributed by atoms with E-state index in [-0.39, 0.29) is 6.04 Å². The third-order valence-corrected chi connectivity index (χ3v) is 9.44. The van der Waals surface area contributed by atoms with Crippen LogP contribution in [0.4, 0.5) is 0 Å². The molecule has 4 heteroatoms. The first-order valence-electron chi connectivity index (χ1n) is 16.4. The van der Waals surface area contributed by atoms with Crippen molar-refractivity contribution in [3.8, 4) is 5.75 Å². The van der Waals surface area contributed by atoms with Gasteiger partial charge in [0, 0.05) is 16.3 Å². The molecule has 2 aromatic carbocycles. The van der Waals surface area contributed by atoms with Crippen molar-refractivity contribution in [1.82, 2.24) is 4.90 Å². The van der Waals surface area contributed by atoms with E-state index in [1.165, 1.54) is 57.7 Å². The Morgan fingerprint density at radius 2 is 1.68 bits per heavy atom. The molecule has 1 aromatic heterocycles. The molecule has 3 aromatic rings. The number of nitrogens with zero attached hydrogens (tertiary/aromatic N) is 1. The van der Waals surface area contributed by atoms with Crippen LogP contribution in [0.2, 0.25) is 0 Å². The molecule has 0 N–H and O–H groups in total. The molecular formula is C40H49NO2S. The maximum atomic E-state index is 11.6. The van der Waals surface area contributed by atoms with Crippen LogP contribution >= 0.6 is 11.3 Å². The highest BCUT2D eigenvalue weighted by Crippen LogP contribution is 2.31. The van der Waals surface area contributed by atoms with Crippen LogP contribution in [-0.2, 0) is 11.2 Å². The number of rotatable bonds is 18. The zero-order valence-electron chi connectivity index (χ0n) is 26.8. The maximum absolute atomic E-state index is 11.6. The number of benzene rings is 2. The number of hydrogen-bond acceptors (Lipinski definition) is 4. The fourth-order valence-electron chi connectivity index (χ4n) is 5.86. The van der Waals surface area contributed by atoms with Gasteiger partial charge in [0.1, 0.15) is 18.6 Å². The Hall–Kier alpha value is -3.47. The summed E-state index contributed by atoms with van der Waals surface area (Å²) >= 11 is 1.86. The summed E-state index contributed by atoms with van der Waals surface area (Å²) in [6.07, 6.45) is 22.1. The first-order chi connectivity index (χ1) is 21.6. The minimum absolute atomic E-state index is 0.0956. The molecule has 0 radical (unpaired) electrons. The third kappa shape index (κ3) is 10.0.